The van der Waals surface area contributed by atoms with Crippen LogP contribution in [-0.4, -0.2) is 34.3 Å². The molecule has 6 nitrogen and oxygen atoms in total. The summed E-state index contributed by atoms with van der Waals surface area (Å²) in [5.41, 5.74) is 0.998. The van der Waals surface area contributed by atoms with Crippen molar-refractivity contribution in [1.82, 2.24) is 4.98 Å². The Hall–Kier alpha value is -3.28. The number of carboxylic acids is 1. The van der Waals surface area contributed by atoms with E-state index in [1.165, 1.54) is 0 Å². The fraction of sp³-hybridized carbons (Fsp3) is 0.200. The number of carboxylic acid groups (broad SMARTS) is 1. The molecular formula is C20H22N2O4. The van der Waals surface area contributed by atoms with Gasteiger partial charge in [0.15, 0.2) is 5.56 Å². The molecule has 136 valence electrons. The molecule has 0 bridgehead atoms. The van der Waals surface area contributed by atoms with Gasteiger partial charge in [-0.15, -0.1) is 13.2 Å². The first-order valence-electron chi connectivity index (χ1n) is 8.23. The molecule has 2 rings (SSSR count). The smallest absolute Gasteiger partial charge is 0.345 e. The number of aromatic amines is 1. The quantitative estimate of drug-likeness (QED) is 0.633. The van der Waals surface area contributed by atoms with E-state index in [9.17, 15) is 14.7 Å². The second kappa shape index (κ2) is 8.20. The Balaban J connectivity index is 2.52. The van der Waals surface area contributed by atoms with Gasteiger partial charge in [0.05, 0.1) is 5.69 Å². The molecule has 0 saturated heterocycles. The van der Waals surface area contributed by atoms with Crippen LogP contribution in [0, 0.1) is 0 Å². The van der Waals surface area contributed by atoms with E-state index in [-0.39, 0.29) is 0 Å². The molecule has 0 aliphatic rings. The highest BCUT2D eigenvalue weighted by Gasteiger charge is 2.21. The second-order valence-corrected chi connectivity index (χ2v) is 5.72. The monoisotopic (exact) mass is 354 g/mol. The van der Waals surface area contributed by atoms with Crippen LogP contribution in [0.4, 0.5) is 5.69 Å². The van der Waals surface area contributed by atoms with Crippen LogP contribution in [0.1, 0.15) is 22.8 Å². The minimum absolute atomic E-state index is 0.374. The Morgan fingerprint density at radius 3 is 2.23 bits per heavy atom. The standard InChI is InChI=1S/C20H22N2O4/c1-4-11-22(12-5-2)14-9-7-13(8-10-14)17-15(6-3)18(23)16(20(25)26)19(24)21-17/h4-5,7-10H,1-2,6,11-12H2,3H3,(H,25,26)(H2,21,23,24). The first-order valence-corrected chi connectivity index (χ1v) is 8.23. The van der Waals surface area contributed by atoms with Crippen LogP contribution >= 0.6 is 0 Å². The number of nitrogens with one attached hydrogen (secondary N) is 1. The lowest BCUT2D eigenvalue weighted by Gasteiger charge is -2.22. The molecule has 0 aliphatic carbocycles. The fourth-order valence-electron chi connectivity index (χ4n) is 2.85. The van der Waals surface area contributed by atoms with Crippen LogP contribution in [0.25, 0.3) is 11.3 Å². The number of hydrogen-bond acceptors (Lipinski definition) is 4. The van der Waals surface area contributed by atoms with Crippen LogP contribution in [0.3, 0.4) is 0 Å². The Kier molecular flexibility index (Phi) is 6.01. The number of aromatic hydroxyl groups is 1. The minimum atomic E-state index is -1.45. The van der Waals surface area contributed by atoms with Gasteiger partial charge in [-0.1, -0.05) is 31.2 Å². The van der Waals surface area contributed by atoms with Crippen molar-refractivity contribution < 1.29 is 15.0 Å². The number of pyridine rings is 1. The molecule has 6 heteroatoms. The SMILES string of the molecule is C=CCN(CC=C)c1ccc(-c2[nH]c(=O)c(C(=O)O)c(O)c2CC)cc1. The van der Waals surface area contributed by atoms with E-state index in [0.717, 1.165) is 5.69 Å². The molecule has 0 radical (unpaired) electrons. The third-order valence-corrected chi connectivity index (χ3v) is 4.08. The number of aromatic nitrogens is 1. The summed E-state index contributed by atoms with van der Waals surface area (Å²) < 4.78 is 0. The summed E-state index contributed by atoms with van der Waals surface area (Å²) in [5, 5.41) is 19.4. The van der Waals surface area contributed by atoms with Gasteiger partial charge >= 0.3 is 5.97 Å². The van der Waals surface area contributed by atoms with Crippen molar-refractivity contribution in [3.8, 4) is 17.0 Å². The molecule has 0 unspecified atom stereocenters. The predicted octanol–water partition coefficient (Wildman–Crippen LogP) is 3.19. The number of nitrogens with zero attached hydrogens (tertiary/aromatic N) is 1. The molecule has 0 atom stereocenters. The van der Waals surface area contributed by atoms with Crippen LogP contribution < -0.4 is 10.5 Å². The van der Waals surface area contributed by atoms with Crippen molar-refractivity contribution in [3.63, 3.8) is 0 Å². The van der Waals surface area contributed by atoms with Crippen molar-refractivity contribution in [2.24, 2.45) is 0 Å². The van der Waals surface area contributed by atoms with Gasteiger partial charge in [-0.2, -0.15) is 0 Å². The van der Waals surface area contributed by atoms with Crippen LogP contribution in [0.2, 0.25) is 0 Å². The molecular weight excluding hydrogens is 332 g/mol. The molecule has 0 amide bonds. The normalized spacial score (nSPS) is 10.3. The van der Waals surface area contributed by atoms with E-state index in [1.807, 2.05) is 24.3 Å². The lowest BCUT2D eigenvalue weighted by Crippen LogP contribution is -2.23. The summed E-state index contributed by atoms with van der Waals surface area (Å²) in [6.45, 7) is 10.6. The van der Waals surface area contributed by atoms with E-state index >= 15 is 0 Å². The van der Waals surface area contributed by atoms with Crippen molar-refractivity contribution in [1.29, 1.82) is 0 Å². The highest BCUT2D eigenvalue weighted by atomic mass is 16.4. The Labute approximate surface area is 151 Å². The molecule has 0 fully saturated rings. The van der Waals surface area contributed by atoms with Crippen molar-refractivity contribution >= 4 is 11.7 Å². The zero-order valence-electron chi connectivity index (χ0n) is 14.7. The number of benzene rings is 1. The minimum Gasteiger partial charge on any atom is -0.506 e. The van der Waals surface area contributed by atoms with Gasteiger partial charge in [0.2, 0.25) is 0 Å². The van der Waals surface area contributed by atoms with Gasteiger partial charge in [-0.05, 0) is 24.1 Å². The zero-order valence-corrected chi connectivity index (χ0v) is 14.7. The molecule has 1 aromatic carbocycles. The molecule has 3 N–H and O–H groups in total. The summed E-state index contributed by atoms with van der Waals surface area (Å²) in [6.07, 6.45) is 3.97. The number of rotatable bonds is 8. The van der Waals surface area contributed by atoms with E-state index < -0.39 is 22.8 Å². The number of anilines is 1. The van der Waals surface area contributed by atoms with Crippen LogP contribution in [0.5, 0.6) is 5.75 Å². The average Bonchev–Trinajstić information content (AvgIpc) is 2.61. The molecule has 0 saturated carbocycles. The Bertz CT molecular complexity index is 872. The molecule has 2 aromatic rings. The van der Waals surface area contributed by atoms with E-state index in [4.69, 9.17) is 5.11 Å². The van der Waals surface area contributed by atoms with Crippen molar-refractivity contribution in [2.45, 2.75) is 13.3 Å². The van der Waals surface area contributed by atoms with Crippen molar-refractivity contribution in [3.05, 3.63) is 71.1 Å². The van der Waals surface area contributed by atoms with Gasteiger partial charge in [0.1, 0.15) is 5.75 Å². The maximum absolute atomic E-state index is 12.1. The zero-order chi connectivity index (χ0) is 19.3. The first kappa shape index (κ1) is 19.1. The summed E-state index contributed by atoms with van der Waals surface area (Å²) in [6, 6.07) is 7.42. The maximum atomic E-state index is 12.1. The highest BCUT2D eigenvalue weighted by molar-refractivity contribution is 5.92. The van der Waals surface area contributed by atoms with E-state index in [1.54, 1.807) is 19.1 Å². The number of hydrogen-bond donors (Lipinski definition) is 3. The molecule has 0 spiro atoms. The third-order valence-electron chi connectivity index (χ3n) is 4.08. The number of carbonyl (C=O) groups is 1. The molecule has 1 aromatic heterocycles. The lowest BCUT2D eigenvalue weighted by atomic mass is 10.0. The summed E-state index contributed by atoms with van der Waals surface area (Å²) in [5.74, 6) is -1.94. The van der Waals surface area contributed by atoms with Gasteiger partial charge in [0, 0.05) is 24.3 Å². The number of aromatic carboxylic acids is 1. The largest absolute Gasteiger partial charge is 0.506 e. The van der Waals surface area contributed by atoms with Crippen LogP contribution in [-0.2, 0) is 6.42 Å². The summed E-state index contributed by atoms with van der Waals surface area (Å²) >= 11 is 0. The third kappa shape index (κ3) is 3.69. The Morgan fingerprint density at radius 1 is 1.19 bits per heavy atom. The predicted molar refractivity (Wildman–Crippen MR) is 103 cm³/mol. The summed E-state index contributed by atoms with van der Waals surface area (Å²) in [7, 11) is 0. The van der Waals surface area contributed by atoms with Gasteiger partial charge < -0.3 is 20.1 Å². The molecule has 26 heavy (non-hydrogen) atoms. The van der Waals surface area contributed by atoms with Gasteiger partial charge in [-0.25, -0.2) is 4.79 Å². The van der Waals surface area contributed by atoms with Gasteiger partial charge in [0.25, 0.3) is 5.56 Å². The molecule has 1 heterocycles. The highest BCUT2D eigenvalue weighted by Crippen LogP contribution is 2.30. The Morgan fingerprint density at radius 2 is 1.77 bits per heavy atom. The summed E-state index contributed by atoms with van der Waals surface area (Å²) in [4.78, 5) is 27.9. The lowest BCUT2D eigenvalue weighted by molar-refractivity contribution is 0.0691. The topological polar surface area (TPSA) is 93.6 Å². The van der Waals surface area contributed by atoms with Crippen molar-refractivity contribution in [2.75, 3.05) is 18.0 Å². The maximum Gasteiger partial charge on any atom is 0.345 e. The van der Waals surface area contributed by atoms with Crippen LogP contribution in [0.15, 0.2) is 54.4 Å². The van der Waals surface area contributed by atoms with E-state index in [0.29, 0.717) is 36.3 Å². The second-order valence-electron chi connectivity index (χ2n) is 5.72. The average molecular weight is 354 g/mol. The van der Waals surface area contributed by atoms with Gasteiger partial charge in [-0.3, -0.25) is 4.79 Å². The molecule has 0 aliphatic heterocycles. The van der Waals surface area contributed by atoms with E-state index in [2.05, 4.69) is 23.0 Å². The first-order chi connectivity index (χ1) is 12.4. The fourth-order valence-corrected chi connectivity index (χ4v) is 2.85. The number of H-pyrrole nitrogens is 1.